The van der Waals surface area contributed by atoms with Crippen molar-refractivity contribution >= 4 is 5.95 Å². The number of para-hydroxylation sites is 1. The summed E-state index contributed by atoms with van der Waals surface area (Å²) < 4.78 is 13.1. The summed E-state index contributed by atoms with van der Waals surface area (Å²) in [6.45, 7) is 3.07. The van der Waals surface area contributed by atoms with Crippen LogP contribution in [-0.2, 0) is 20.2 Å². The highest BCUT2D eigenvalue weighted by atomic mass is 16.5. The maximum atomic E-state index is 6.10. The van der Waals surface area contributed by atoms with Crippen molar-refractivity contribution < 1.29 is 9.47 Å². The molecule has 0 radical (unpaired) electrons. The fourth-order valence-electron chi connectivity index (χ4n) is 2.50. The van der Waals surface area contributed by atoms with Gasteiger partial charge in [-0.2, -0.15) is 0 Å². The fraction of sp³-hybridized carbons (Fsp3) is 0.278. The molecule has 0 aliphatic rings. The van der Waals surface area contributed by atoms with Crippen LogP contribution in [0.5, 0.6) is 11.5 Å². The number of tetrazole rings is 1. The summed E-state index contributed by atoms with van der Waals surface area (Å²) in [6.07, 6.45) is 0. The molecule has 0 unspecified atom stereocenters. The van der Waals surface area contributed by atoms with E-state index in [2.05, 4.69) is 39.9 Å². The van der Waals surface area contributed by atoms with Gasteiger partial charge < -0.3 is 14.8 Å². The molecule has 0 saturated heterocycles. The third-order valence-corrected chi connectivity index (χ3v) is 3.97. The van der Waals surface area contributed by atoms with Crippen LogP contribution >= 0.6 is 0 Å². The molecule has 3 rings (SSSR count). The number of rotatable bonds is 7. The minimum Gasteiger partial charge on any atom is -0.493 e. The Morgan fingerprint density at radius 3 is 2.60 bits per heavy atom. The maximum Gasteiger partial charge on any atom is 0.242 e. The van der Waals surface area contributed by atoms with Crippen LogP contribution in [-0.4, -0.2) is 27.3 Å². The molecule has 130 valence electrons. The first-order chi connectivity index (χ1) is 12.2. The average Bonchev–Trinajstić information content (AvgIpc) is 3.04. The van der Waals surface area contributed by atoms with Crippen molar-refractivity contribution in [2.24, 2.45) is 7.05 Å². The molecule has 0 bridgehead atoms. The molecule has 1 N–H and O–H groups in total. The van der Waals surface area contributed by atoms with E-state index in [1.165, 1.54) is 5.56 Å². The van der Waals surface area contributed by atoms with Gasteiger partial charge in [-0.15, -0.1) is 0 Å². The first kappa shape index (κ1) is 16.8. The molecule has 0 saturated carbocycles. The van der Waals surface area contributed by atoms with Gasteiger partial charge in [-0.25, -0.2) is 4.68 Å². The molecular formula is C18H21N5O2. The summed E-state index contributed by atoms with van der Waals surface area (Å²) >= 11 is 0. The number of hydrogen-bond acceptors (Lipinski definition) is 6. The van der Waals surface area contributed by atoms with Gasteiger partial charge in [0.2, 0.25) is 5.95 Å². The normalized spacial score (nSPS) is 10.5. The summed E-state index contributed by atoms with van der Waals surface area (Å²) in [5, 5.41) is 14.6. The molecule has 0 spiro atoms. The minimum atomic E-state index is 0.478. The number of aromatic nitrogens is 4. The zero-order chi connectivity index (χ0) is 17.6. The van der Waals surface area contributed by atoms with Crippen LogP contribution < -0.4 is 14.8 Å². The number of benzene rings is 2. The van der Waals surface area contributed by atoms with E-state index in [4.69, 9.17) is 9.47 Å². The standard InChI is InChI=1S/C18H21N5O2/c1-13-7-4-5-8-15(13)12-25-17-14(9-6-10-16(17)24-3)11-19-18-20-21-22-23(18)2/h4-10H,11-12H2,1-3H3,(H,19,20,22). The molecule has 0 amide bonds. The third kappa shape index (κ3) is 3.88. The van der Waals surface area contributed by atoms with Crippen molar-refractivity contribution in [3.05, 3.63) is 59.2 Å². The van der Waals surface area contributed by atoms with E-state index in [0.717, 1.165) is 16.9 Å². The Hall–Kier alpha value is -3.09. The molecular weight excluding hydrogens is 318 g/mol. The number of methoxy groups -OCH3 is 1. The van der Waals surface area contributed by atoms with E-state index in [0.29, 0.717) is 24.8 Å². The zero-order valence-corrected chi connectivity index (χ0v) is 14.6. The molecule has 2 aromatic carbocycles. The first-order valence-electron chi connectivity index (χ1n) is 7.98. The topological polar surface area (TPSA) is 74.1 Å². The van der Waals surface area contributed by atoms with Crippen molar-refractivity contribution in [3.8, 4) is 11.5 Å². The van der Waals surface area contributed by atoms with E-state index >= 15 is 0 Å². The summed E-state index contributed by atoms with van der Waals surface area (Å²) in [5.41, 5.74) is 3.31. The second kappa shape index (κ2) is 7.65. The minimum absolute atomic E-state index is 0.478. The highest BCUT2D eigenvalue weighted by Crippen LogP contribution is 2.32. The number of hydrogen-bond donors (Lipinski definition) is 1. The Kier molecular flexibility index (Phi) is 5.13. The molecule has 0 aliphatic heterocycles. The van der Waals surface area contributed by atoms with Gasteiger partial charge in [0, 0.05) is 19.2 Å². The highest BCUT2D eigenvalue weighted by Gasteiger charge is 2.12. The molecule has 3 aromatic rings. The molecule has 7 nitrogen and oxygen atoms in total. The smallest absolute Gasteiger partial charge is 0.242 e. The Balaban J connectivity index is 1.79. The lowest BCUT2D eigenvalue weighted by atomic mass is 10.1. The second-order valence-corrected chi connectivity index (χ2v) is 5.64. The van der Waals surface area contributed by atoms with Crippen LogP contribution in [0, 0.1) is 6.92 Å². The van der Waals surface area contributed by atoms with Crippen LogP contribution in [0.2, 0.25) is 0 Å². The van der Waals surface area contributed by atoms with Crippen LogP contribution in [0.3, 0.4) is 0 Å². The van der Waals surface area contributed by atoms with Gasteiger partial charge in [0.1, 0.15) is 6.61 Å². The van der Waals surface area contributed by atoms with Crippen molar-refractivity contribution in [3.63, 3.8) is 0 Å². The van der Waals surface area contributed by atoms with Crippen LogP contribution in [0.25, 0.3) is 0 Å². The summed E-state index contributed by atoms with van der Waals surface area (Å²) in [7, 11) is 3.42. The van der Waals surface area contributed by atoms with E-state index in [1.807, 2.05) is 30.3 Å². The molecule has 7 heteroatoms. The van der Waals surface area contributed by atoms with Gasteiger partial charge in [-0.1, -0.05) is 41.5 Å². The number of aryl methyl sites for hydroxylation is 2. The molecule has 0 fully saturated rings. The molecule has 1 heterocycles. The highest BCUT2D eigenvalue weighted by molar-refractivity contribution is 5.48. The number of ether oxygens (including phenoxy) is 2. The maximum absolute atomic E-state index is 6.10. The van der Waals surface area contributed by atoms with Crippen molar-refractivity contribution in [2.45, 2.75) is 20.1 Å². The monoisotopic (exact) mass is 339 g/mol. The van der Waals surface area contributed by atoms with E-state index in [9.17, 15) is 0 Å². The number of nitrogens with zero attached hydrogens (tertiary/aromatic N) is 4. The fourth-order valence-corrected chi connectivity index (χ4v) is 2.50. The first-order valence-corrected chi connectivity index (χ1v) is 7.98. The lowest BCUT2D eigenvalue weighted by Crippen LogP contribution is -2.08. The summed E-state index contributed by atoms with van der Waals surface area (Å²) in [4.78, 5) is 0. The lowest BCUT2D eigenvalue weighted by molar-refractivity contribution is 0.281. The van der Waals surface area contributed by atoms with Gasteiger partial charge in [-0.3, -0.25) is 0 Å². The molecule has 25 heavy (non-hydrogen) atoms. The zero-order valence-electron chi connectivity index (χ0n) is 14.6. The van der Waals surface area contributed by atoms with Gasteiger partial charge in [0.05, 0.1) is 7.11 Å². The molecule has 0 aliphatic carbocycles. The SMILES string of the molecule is COc1cccc(CNc2nnnn2C)c1OCc1ccccc1C. The Bertz CT molecular complexity index is 847. The van der Waals surface area contributed by atoms with Crippen molar-refractivity contribution in [1.29, 1.82) is 0 Å². The van der Waals surface area contributed by atoms with Gasteiger partial charge >= 0.3 is 0 Å². The predicted molar refractivity (Wildman–Crippen MR) is 94.6 cm³/mol. The number of nitrogens with one attached hydrogen (secondary N) is 1. The van der Waals surface area contributed by atoms with Gasteiger partial charge in [-0.05, 0) is 34.5 Å². The quantitative estimate of drug-likeness (QED) is 0.713. The van der Waals surface area contributed by atoms with Crippen LogP contribution in [0.1, 0.15) is 16.7 Å². The molecule has 0 atom stereocenters. The van der Waals surface area contributed by atoms with Crippen LogP contribution in [0.15, 0.2) is 42.5 Å². The third-order valence-electron chi connectivity index (χ3n) is 3.97. The van der Waals surface area contributed by atoms with Crippen LogP contribution in [0.4, 0.5) is 5.95 Å². The Labute approximate surface area is 146 Å². The van der Waals surface area contributed by atoms with Crippen molar-refractivity contribution in [2.75, 3.05) is 12.4 Å². The largest absolute Gasteiger partial charge is 0.493 e. The Morgan fingerprint density at radius 2 is 1.88 bits per heavy atom. The Morgan fingerprint density at radius 1 is 1.08 bits per heavy atom. The van der Waals surface area contributed by atoms with E-state index in [-0.39, 0.29) is 0 Å². The lowest BCUT2D eigenvalue weighted by Gasteiger charge is -2.16. The summed E-state index contributed by atoms with van der Waals surface area (Å²) in [5.74, 6) is 2.01. The summed E-state index contributed by atoms with van der Waals surface area (Å²) in [6, 6.07) is 14.0. The number of anilines is 1. The average molecular weight is 339 g/mol. The van der Waals surface area contributed by atoms with Gasteiger partial charge in [0.25, 0.3) is 0 Å². The van der Waals surface area contributed by atoms with Crippen molar-refractivity contribution in [1.82, 2.24) is 20.2 Å². The van der Waals surface area contributed by atoms with Gasteiger partial charge in [0.15, 0.2) is 11.5 Å². The second-order valence-electron chi connectivity index (χ2n) is 5.64. The predicted octanol–water partition coefficient (Wildman–Crippen LogP) is 2.72. The van der Waals surface area contributed by atoms with E-state index < -0.39 is 0 Å². The molecule has 1 aromatic heterocycles. The van der Waals surface area contributed by atoms with E-state index in [1.54, 1.807) is 18.8 Å².